The van der Waals surface area contributed by atoms with Gasteiger partial charge in [0.1, 0.15) is 0 Å². The number of nitrogens with one attached hydrogen (secondary N) is 1. The van der Waals surface area contributed by atoms with Crippen LogP contribution in [0.1, 0.15) is 25.8 Å². The first-order valence-electron chi connectivity index (χ1n) is 9.99. The number of rotatable bonds is 5. The molecule has 3 rings (SSSR count). The van der Waals surface area contributed by atoms with Gasteiger partial charge in [0.15, 0.2) is 0 Å². The minimum Gasteiger partial charge on any atom is -0.339 e. The van der Waals surface area contributed by atoms with E-state index in [1.165, 1.54) is 10.4 Å². The van der Waals surface area contributed by atoms with Crippen LogP contribution < -0.4 is 5.32 Å². The molecule has 0 unspecified atom stereocenters. The van der Waals surface area contributed by atoms with E-state index in [0.717, 1.165) is 0 Å². The van der Waals surface area contributed by atoms with Crippen molar-refractivity contribution in [2.75, 3.05) is 45.1 Å². The molecule has 8 nitrogen and oxygen atoms in total. The third kappa shape index (κ3) is 4.62. The molecular weight excluding hydrogens is 392 g/mol. The summed E-state index contributed by atoms with van der Waals surface area (Å²) >= 11 is 0. The molecule has 1 aromatic rings. The van der Waals surface area contributed by atoms with Gasteiger partial charge in [-0.2, -0.15) is 4.31 Å². The second-order valence-electron chi connectivity index (χ2n) is 8.22. The van der Waals surface area contributed by atoms with E-state index in [9.17, 15) is 18.0 Å². The lowest BCUT2D eigenvalue weighted by Gasteiger charge is -2.32. The van der Waals surface area contributed by atoms with Gasteiger partial charge in [-0.1, -0.05) is 6.07 Å². The van der Waals surface area contributed by atoms with Gasteiger partial charge in [0, 0.05) is 50.9 Å². The molecule has 0 aliphatic carbocycles. The summed E-state index contributed by atoms with van der Waals surface area (Å²) in [5.74, 6) is -0.709. The quantitative estimate of drug-likeness (QED) is 0.768. The van der Waals surface area contributed by atoms with Crippen LogP contribution in [0, 0.1) is 12.8 Å². The van der Waals surface area contributed by atoms with Gasteiger partial charge >= 0.3 is 0 Å². The molecule has 2 fully saturated rings. The van der Waals surface area contributed by atoms with Gasteiger partial charge in [0.2, 0.25) is 21.8 Å². The monoisotopic (exact) mass is 422 g/mol. The number of hydrogen-bond acceptors (Lipinski definition) is 5. The molecule has 0 spiro atoms. The maximum Gasteiger partial charge on any atom is 0.243 e. The summed E-state index contributed by atoms with van der Waals surface area (Å²) < 4.78 is 27.7. The number of sulfonamides is 1. The molecule has 2 saturated heterocycles. The minimum atomic E-state index is -3.63. The first-order chi connectivity index (χ1) is 13.6. The number of aryl methyl sites for hydroxylation is 1. The number of likely N-dealkylation sites (tertiary alicyclic amines) is 1. The van der Waals surface area contributed by atoms with Crippen LogP contribution in [0.2, 0.25) is 0 Å². The van der Waals surface area contributed by atoms with Crippen LogP contribution in [0.3, 0.4) is 0 Å². The number of hydrogen-bond donors (Lipinski definition) is 1. The van der Waals surface area contributed by atoms with Crippen molar-refractivity contribution in [2.45, 2.75) is 38.1 Å². The fourth-order valence-electron chi connectivity index (χ4n) is 3.77. The molecule has 0 bridgehead atoms. The Morgan fingerprint density at radius 1 is 1.17 bits per heavy atom. The Morgan fingerprint density at radius 2 is 1.83 bits per heavy atom. The molecule has 2 amide bonds. The fourth-order valence-corrected chi connectivity index (χ4v) is 5.45. The Bertz CT molecular complexity index is 892. The normalized spacial score (nSPS) is 21.8. The smallest absolute Gasteiger partial charge is 0.243 e. The van der Waals surface area contributed by atoms with Crippen molar-refractivity contribution in [3.8, 4) is 0 Å². The topological polar surface area (TPSA) is 90.0 Å². The first kappa shape index (κ1) is 21.7. The van der Waals surface area contributed by atoms with Crippen LogP contribution in [0.4, 0.5) is 5.69 Å². The average Bonchev–Trinajstić information content (AvgIpc) is 3.06. The van der Waals surface area contributed by atoms with Crippen LogP contribution in [0.15, 0.2) is 23.1 Å². The Morgan fingerprint density at radius 3 is 2.41 bits per heavy atom. The lowest BCUT2D eigenvalue weighted by molar-refractivity contribution is -0.129. The van der Waals surface area contributed by atoms with Crippen LogP contribution in [-0.4, -0.2) is 80.2 Å². The molecule has 2 heterocycles. The summed E-state index contributed by atoms with van der Waals surface area (Å²) in [5.41, 5.74) is 1.08. The third-order valence-electron chi connectivity index (χ3n) is 5.69. The summed E-state index contributed by atoms with van der Waals surface area (Å²) in [7, 11) is -1.66. The van der Waals surface area contributed by atoms with Gasteiger partial charge in [0.25, 0.3) is 0 Å². The maximum atomic E-state index is 13.1. The zero-order valence-corrected chi connectivity index (χ0v) is 18.3. The van der Waals surface area contributed by atoms with Crippen LogP contribution in [0.5, 0.6) is 0 Å². The van der Waals surface area contributed by atoms with Gasteiger partial charge in [-0.15, -0.1) is 0 Å². The highest BCUT2D eigenvalue weighted by Gasteiger charge is 2.35. The number of carbonyl (C=O) groups is 2. The number of likely N-dealkylation sites (N-methyl/N-ethyl adjacent to an activating group) is 1. The predicted octanol–water partition coefficient (Wildman–Crippen LogP) is 1.13. The number of amides is 2. The van der Waals surface area contributed by atoms with Gasteiger partial charge < -0.3 is 15.1 Å². The van der Waals surface area contributed by atoms with E-state index in [0.29, 0.717) is 44.0 Å². The van der Waals surface area contributed by atoms with Crippen molar-refractivity contribution in [2.24, 2.45) is 5.92 Å². The number of carbonyl (C=O) groups excluding carboxylic acids is 2. The fraction of sp³-hybridized carbons (Fsp3) is 0.600. The molecule has 1 aromatic carbocycles. The Kier molecular flexibility index (Phi) is 6.30. The second kappa shape index (κ2) is 8.41. The van der Waals surface area contributed by atoms with E-state index in [1.54, 1.807) is 24.0 Å². The SMILES string of the molecule is Cc1ccc(NC(=O)[C@@H]2CC(=O)N(C(C)C)C2)cc1S(=O)(=O)N1CCN(C)CC1. The molecule has 0 radical (unpaired) electrons. The van der Waals surface area contributed by atoms with Gasteiger partial charge in [-0.25, -0.2) is 8.42 Å². The predicted molar refractivity (Wildman–Crippen MR) is 111 cm³/mol. The van der Waals surface area contributed by atoms with Gasteiger partial charge in [-0.05, 0) is 45.5 Å². The molecular formula is C20H30N4O4S. The maximum absolute atomic E-state index is 13.1. The summed E-state index contributed by atoms with van der Waals surface area (Å²) in [5, 5.41) is 2.80. The van der Waals surface area contributed by atoms with E-state index in [4.69, 9.17) is 0 Å². The number of nitrogens with zero attached hydrogens (tertiary/aromatic N) is 3. The Labute approximate surface area is 172 Å². The molecule has 2 aliphatic heterocycles. The standard InChI is InChI=1S/C20H30N4O4S/c1-14(2)24-13-16(11-19(24)25)20(26)21-17-6-5-15(3)18(12-17)29(27,28)23-9-7-22(4)8-10-23/h5-6,12,14,16H,7-11,13H2,1-4H3,(H,21,26)/t16-/m1/s1. The van der Waals surface area contributed by atoms with E-state index in [1.807, 2.05) is 20.9 Å². The average molecular weight is 423 g/mol. The largest absolute Gasteiger partial charge is 0.339 e. The highest BCUT2D eigenvalue weighted by Crippen LogP contribution is 2.26. The molecule has 0 saturated carbocycles. The summed E-state index contributed by atoms with van der Waals surface area (Å²) in [6.45, 7) is 8.27. The van der Waals surface area contributed by atoms with Crippen molar-refractivity contribution >= 4 is 27.5 Å². The van der Waals surface area contributed by atoms with Crippen molar-refractivity contribution in [1.29, 1.82) is 0 Å². The van der Waals surface area contributed by atoms with Crippen LogP contribution in [-0.2, 0) is 19.6 Å². The highest BCUT2D eigenvalue weighted by molar-refractivity contribution is 7.89. The molecule has 2 aliphatic rings. The van der Waals surface area contributed by atoms with Gasteiger partial charge in [-0.3, -0.25) is 9.59 Å². The van der Waals surface area contributed by atoms with E-state index in [2.05, 4.69) is 10.2 Å². The van der Waals surface area contributed by atoms with E-state index < -0.39 is 15.9 Å². The minimum absolute atomic E-state index is 0.0256. The number of benzene rings is 1. The lowest BCUT2D eigenvalue weighted by atomic mass is 10.1. The molecule has 1 atom stereocenters. The molecule has 160 valence electrons. The lowest BCUT2D eigenvalue weighted by Crippen LogP contribution is -2.47. The zero-order chi connectivity index (χ0) is 21.3. The Hall–Kier alpha value is -1.97. The van der Waals surface area contributed by atoms with Crippen LogP contribution >= 0.6 is 0 Å². The third-order valence-corrected chi connectivity index (χ3v) is 7.73. The van der Waals surface area contributed by atoms with Gasteiger partial charge in [0.05, 0.1) is 10.8 Å². The van der Waals surface area contributed by atoms with Crippen molar-refractivity contribution < 1.29 is 18.0 Å². The zero-order valence-electron chi connectivity index (χ0n) is 17.5. The van der Waals surface area contributed by atoms with Crippen molar-refractivity contribution in [3.05, 3.63) is 23.8 Å². The molecule has 29 heavy (non-hydrogen) atoms. The summed E-state index contributed by atoms with van der Waals surface area (Å²) in [6.07, 6.45) is 0.183. The number of piperazine rings is 1. The molecule has 1 N–H and O–H groups in total. The molecule has 9 heteroatoms. The second-order valence-corrected chi connectivity index (χ2v) is 10.1. The first-order valence-corrected chi connectivity index (χ1v) is 11.4. The highest BCUT2D eigenvalue weighted by atomic mass is 32.2. The van der Waals surface area contributed by atoms with Crippen LogP contribution in [0.25, 0.3) is 0 Å². The van der Waals surface area contributed by atoms with Crippen molar-refractivity contribution in [1.82, 2.24) is 14.1 Å². The number of anilines is 1. The van der Waals surface area contributed by atoms with E-state index in [-0.39, 0.29) is 29.2 Å². The van der Waals surface area contributed by atoms with E-state index >= 15 is 0 Å². The Balaban J connectivity index is 1.75. The molecule has 0 aromatic heterocycles. The summed E-state index contributed by atoms with van der Waals surface area (Å²) in [4.78, 5) is 28.7. The summed E-state index contributed by atoms with van der Waals surface area (Å²) in [6, 6.07) is 4.99. The van der Waals surface area contributed by atoms with Crippen molar-refractivity contribution in [3.63, 3.8) is 0 Å².